The number of rotatable bonds is 4. The minimum atomic E-state index is -0.505. The number of nitrogens with one attached hydrogen (secondary N) is 2. The van der Waals surface area contributed by atoms with Gasteiger partial charge in [0.15, 0.2) is 0 Å². The Morgan fingerprint density at radius 1 is 1.50 bits per heavy atom. The van der Waals surface area contributed by atoms with Crippen LogP contribution in [-0.2, 0) is 4.79 Å². The lowest BCUT2D eigenvalue weighted by molar-refractivity contribution is -0.384. The fourth-order valence-corrected chi connectivity index (χ4v) is 2.29. The number of anilines is 1. The van der Waals surface area contributed by atoms with Crippen LogP contribution in [0.1, 0.15) is 6.92 Å². The number of hydrogen-bond donors (Lipinski definition) is 2. The van der Waals surface area contributed by atoms with Gasteiger partial charge in [0.2, 0.25) is 5.91 Å². The molecule has 0 aromatic heterocycles. The molecule has 1 fully saturated rings. The molecule has 1 aliphatic heterocycles. The number of carbonyl (C=O) groups is 1. The molecule has 7 nitrogen and oxygen atoms in total. The van der Waals surface area contributed by atoms with E-state index in [1.165, 1.54) is 25.3 Å². The van der Waals surface area contributed by atoms with E-state index in [2.05, 4.69) is 10.6 Å². The third-order valence-electron chi connectivity index (χ3n) is 3.51. The first-order valence-electron chi connectivity index (χ1n) is 6.37. The van der Waals surface area contributed by atoms with Gasteiger partial charge in [0, 0.05) is 18.7 Å². The van der Waals surface area contributed by atoms with Crippen molar-refractivity contribution in [3.63, 3.8) is 0 Å². The lowest BCUT2D eigenvalue weighted by Gasteiger charge is -2.15. The van der Waals surface area contributed by atoms with Crippen molar-refractivity contribution >= 4 is 17.3 Å². The molecule has 108 valence electrons. The maximum Gasteiger partial charge on any atom is 0.271 e. The predicted octanol–water partition coefficient (Wildman–Crippen LogP) is 1.40. The molecule has 0 unspecified atom stereocenters. The van der Waals surface area contributed by atoms with Gasteiger partial charge in [-0.25, -0.2) is 0 Å². The highest BCUT2D eigenvalue weighted by Gasteiger charge is 2.30. The number of amides is 1. The van der Waals surface area contributed by atoms with Gasteiger partial charge in [0.25, 0.3) is 5.69 Å². The number of carbonyl (C=O) groups excluding carboxylic acids is 1. The fourth-order valence-electron chi connectivity index (χ4n) is 2.29. The molecule has 1 heterocycles. The Hall–Kier alpha value is -2.15. The zero-order valence-electron chi connectivity index (χ0n) is 11.4. The number of hydrogen-bond acceptors (Lipinski definition) is 5. The summed E-state index contributed by atoms with van der Waals surface area (Å²) in [5.74, 6) is 0.350. The van der Waals surface area contributed by atoms with E-state index in [-0.39, 0.29) is 23.4 Å². The molecule has 2 rings (SSSR count). The van der Waals surface area contributed by atoms with Crippen molar-refractivity contribution in [2.24, 2.45) is 11.8 Å². The van der Waals surface area contributed by atoms with Gasteiger partial charge < -0.3 is 15.4 Å². The van der Waals surface area contributed by atoms with E-state index in [0.29, 0.717) is 18.0 Å². The Labute approximate surface area is 116 Å². The molecule has 0 radical (unpaired) electrons. The summed E-state index contributed by atoms with van der Waals surface area (Å²) in [5.41, 5.74) is 0.240. The Bertz CT molecular complexity index is 532. The number of ether oxygens (including phenoxy) is 1. The maximum absolute atomic E-state index is 12.2. The van der Waals surface area contributed by atoms with Gasteiger partial charge in [-0.15, -0.1) is 0 Å². The first-order valence-corrected chi connectivity index (χ1v) is 6.37. The van der Waals surface area contributed by atoms with E-state index in [1.807, 2.05) is 6.92 Å². The number of non-ortho nitro benzene ring substituents is 1. The zero-order valence-corrected chi connectivity index (χ0v) is 11.4. The molecule has 0 bridgehead atoms. The Morgan fingerprint density at radius 3 is 2.80 bits per heavy atom. The minimum Gasteiger partial charge on any atom is -0.495 e. The van der Waals surface area contributed by atoms with Crippen LogP contribution in [0.4, 0.5) is 11.4 Å². The molecule has 2 atom stereocenters. The second-order valence-electron chi connectivity index (χ2n) is 4.87. The Morgan fingerprint density at radius 2 is 2.25 bits per heavy atom. The van der Waals surface area contributed by atoms with Crippen LogP contribution in [0.5, 0.6) is 5.75 Å². The molecule has 0 spiro atoms. The second-order valence-corrected chi connectivity index (χ2v) is 4.87. The van der Waals surface area contributed by atoms with Gasteiger partial charge in [-0.05, 0) is 18.5 Å². The standard InChI is InChI=1S/C13H17N3O4/c1-8-6-14-7-10(8)13(17)15-11-5-9(16(18)19)3-4-12(11)20-2/h3-5,8,10,14H,6-7H2,1-2H3,(H,15,17)/t8-,10-/m1/s1. The maximum atomic E-state index is 12.2. The molecule has 1 aliphatic rings. The normalized spacial score (nSPS) is 21.5. The monoisotopic (exact) mass is 279 g/mol. The minimum absolute atomic E-state index is 0.0845. The van der Waals surface area contributed by atoms with Crippen LogP contribution < -0.4 is 15.4 Å². The van der Waals surface area contributed by atoms with Gasteiger partial charge in [-0.2, -0.15) is 0 Å². The van der Waals surface area contributed by atoms with E-state index in [1.54, 1.807) is 0 Å². The molecule has 0 aliphatic carbocycles. The SMILES string of the molecule is COc1ccc([N+](=O)[O-])cc1NC(=O)[C@@H]1CNC[C@H]1C. The van der Waals surface area contributed by atoms with Crippen molar-refractivity contribution in [3.05, 3.63) is 28.3 Å². The summed E-state index contributed by atoms with van der Waals surface area (Å²) in [6.45, 7) is 3.41. The molecule has 0 saturated carbocycles. The molecular formula is C13H17N3O4. The largest absolute Gasteiger partial charge is 0.495 e. The summed E-state index contributed by atoms with van der Waals surface area (Å²) in [7, 11) is 1.45. The highest BCUT2D eigenvalue weighted by atomic mass is 16.6. The number of methoxy groups -OCH3 is 1. The highest BCUT2D eigenvalue weighted by molar-refractivity contribution is 5.94. The molecule has 1 amide bonds. The average Bonchev–Trinajstić information content (AvgIpc) is 2.84. The summed E-state index contributed by atoms with van der Waals surface area (Å²) in [6.07, 6.45) is 0. The van der Waals surface area contributed by atoms with Crippen LogP contribution in [0, 0.1) is 22.0 Å². The number of nitro benzene ring substituents is 1. The lowest BCUT2D eigenvalue weighted by atomic mass is 9.97. The molecule has 20 heavy (non-hydrogen) atoms. The Kier molecular flexibility index (Phi) is 4.19. The van der Waals surface area contributed by atoms with E-state index in [9.17, 15) is 14.9 Å². The van der Waals surface area contributed by atoms with E-state index in [0.717, 1.165) is 6.54 Å². The molecule has 2 N–H and O–H groups in total. The van der Waals surface area contributed by atoms with Crippen LogP contribution in [0.3, 0.4) is 0 Å². The van der Waals surface area contributed by atoms with Crippen LogP contribution in [0.25, 0.3) is 0 Å². The van der Waals surface area contributed by atoms with Crippen molar-refractivity contribution in [2.75, 3.05) is 25.5 Å². The van der Waals surface area contributed by atoms with Gasteiger partial charge in [-0.3, -0.25) is 14.9 Å². The van der Waals surface area contributed by atoms with E-state index in [4.69, 9.17) is 4.74 Å². The van der Waals surface area contributed by atoms with Crippen LogP contribution >= 0.6 is 0 Å². The Balaban J connectivity index is 2.20. The first kappa shape index (κ1) is 14.3. The summed E-state index contributed by atoms with van der Waals surface area (Å²) in [5, 5.41) is 16.7. The molecule has 1 aromatic carbocycles. The molecule has 7 heteroatoms. The van der Waals surface area contributed by atoms with Gasteiger partial charge in [0.05, 0.1) is 23.6 Å². The van der Waals surface area contributed by atoms with Gasteiger partial charge >= 0.3 is 0 Å². The molecule has 1 saturated heterocycles. The second kappa shape index (κ2) is 5.87. The number of nitro groups is 1. The number of nitrogens with zero attached hydrogens (tertiary/aromatic N) is 1. The third-order valence-corrected chi connectivity index (χ3v) is 3.51. The first-order chi connectivity index (χ1) is 9.52. The van der Waals surface area contributed by atoms with Crippen molar-refractivity contribution in [1.29, 1.82) is 0 Å². The van der Waals surface area contributed by atoms with Crippen molar-refractivity contribution in [2.45, 2.75) is 6.92 Å². The van der Waals surface area contributed by atoms with E-state index >= 15 is 0 Å². The average molecular weight is 279 g/mol. The summed E-state index contributed by atoms with van der Waals surface area (Å²) in [6, 6.07) is 4.13. The summed E-state index contributed by atoms with van der Waals surface area (Å²) < 4.78 is 5.12. The smallest absolute Gasteiger partial charge is 0.271 e. The van der Waals surface area contributed by atoms with Crippen molar-refractivity contribution in [3.8, 4) is 5.75 Å². The fraction of sp³-hybridized carbons (Fsp3) is 0.462. The van der Waals surface area contributed by atoms with E-state index < -0.39 is 4.92 Å². The third kappa shape index (κ3) is 2.88. The number of benzene rings is 1. The quantitative estimate of drug-likeness (QED) is 0.642. The lowest BCUT2D eigenvalue weighted by Crippen LogP contribution is -2.28. The van der Waals surface area contributed by atoms with Gasteiger partial charge in [0.1, 0.15) is 5.75 Å². The summed E-state index contributed by atoms with van der Waals surface area (Å²) >= 11 is 0. The van der Waals surface area contributed by atoms with Crippen molar-refractivity contribution < 1.29 is 14.5 Å². The van der Waals surface area contributed by atoms with Crippen LogP contribution in [0.2, 0.25) is 0 Å². The van der Waals surface area contributed by atoms with Gasteiger partial charge in [-0.1, -0.05) is 6.92 Å². The summed E-state index contributed by atoms with van der Waals surface area (Å²) in [4.78, 5) is 22.5. The highest BCUT2D eigenvalue weighted by Crippen LogP contribution is 2.30. The van der Waals surface area contributed by atoms with Crippen molar-refractivity contribution in [1.82, 2.24) is 5.32 Å². The molecular weight excluding hydrogens is 262 g/mol. The topological polar surface area (TPSA) is 93.5 Å². The molecule has 1 aromatic rings. The van der Waals surface area contributed by atoms with Crippen LogP contribution in [-0.4, -0.2) is 31.0 Å². The zero-order chi connectivity index (χ0) is 14.7. The van der Waals surface area contributed by atoms with Crippen LogP contribution in [0.15, 0.2) is 18.2 Å². The predicted molar refractivity (Wildman–Crippen MR) is 73.8 cm³/mol.